The van der Waals surface area contributed by atoms with Gasteiger partial charge >= 0.3 is 0 Å². The van der Waals surface area contributed by atoms with Gasteiger partial charge in [0.05, 0.1) is 6.26 Å². The van der Waals surface area contributed by atoms with Crippen molar-refractivity contribution in [2.24, 2.45) is 11.3 Å². The van der Waals surface area contributed by atoms with Crippen molar-refractivity contribution in [3.05, 3.63) is 90.4 Å². The molecule has 0 saturated carbocycles. The predicted octanol–water partition coefficient (Wildman–Crippen LogP) is 12.2. The maximum atomic E-state index is 7.69. The fourth-order valence-corrected chi connectivity index (χ4v) is 5.65. The number of aliphatic hydroxyl groups is 1. The number of unbranched alkanes of at least 4 members (excludes halogenated alkanes) is 1. The van der Waals surface area contributed by atoms with Crippen LogP contribution in [0.3, 0.4) is 0 Å². The number of aromatic nitrogens is 1. The summed E-state index contributed by atoms with van der Waals surface area (Å²) in [6.07, 6.45) is 25.3. The standard InChI is InChI=1S/C18H23N.C15H24.C3H6O.C2H6/c1-4-5-13-6-8-15-16-11-14(12(2)3)7-9-17(16)19-18(15)10-13;1-4-5-9-12-15(2,3)13-14-10-7-6-8-11-14;1-2-3-4;1-2/h7,9,11,13,19H,2,4-6,8,10H2,1,3H3;4,6-7,10H,1,5,8-9,11-13H2,2-3H3;2-4H,1H3;1-2H3/b;;3-2-;. The lowest BCUT2D eigenvalue weighted by Crippen LogP contribution is -2.13. The third-order valence-corrected chi connectivity index (χ3v) is 7.70. The van der Waals surface area contributed by atoms with Gasteiger partial charge in [0.2, 0.25) is 0 Å². The normalized spacial score (nSPS) is 16.0. The average molecular weight is 546 g/mol. The Kier molecular flexibility index (Phi) is 17.1. The van der Waals surface area contributed by atoms with Gasteiger partial charge < -0.3 is 10.1 Å². The van der Waals surface area contributed by atoms with E-state index in [4.69, 9.17) is 5.11 Å². The summed E-state index contributed by atoms with van der Waals surface area (Å²) in [5, 5.41) is 9.12. The number of allylic oxidation sites excluding steroid dienone is 7. The van der Waals surface area contributed by atoms with Gasteiger partial charge in [0, 0.05) is 16.6 Å². The van der Waals surface area contributed by atoms with Gasteiger partial charge in [-0.3, -0.25) is 0 Å². The molecule has 2 nitrogen and oxygen atoms in total. The summed E-state index contributed by atoms with van der Waals surface area (Å²) in [4.78, 5) is 3.64. The highest BCUT2D eigenvalue weighted by molar-refractivity contribution is 5.88. The first-order valence-corrected chi connectivity index (χ1v) is 15.7. The Hall–Kier alpha value is -2.74. The number of fused-ring (bicyclic) bond motifs is 3. The van der Waals surface area contributed by atoms with E-state index in [9.17, 15) is 0 Å². The number of benzene rings is 1. The van der Waals surface area contributed by atoms with Crippen LogP contribution in [0.2, 0.25) is 0 Å². The van der Waals surface area contributed by atoms with E-state index in [2.05, 4.69) is 82.3 Å². The fraction of sp³-hybridized carbons (Fsp3) is 0.526. The zero-order chi connectivity index (χ0) is 30.0. The summed E-state index contributed by atoms with van der Waals surface area (Å²) < 4.78 is 0. The van der Waals surface area contributed by atoms with Crippen molar-refractivity contribution in [2.45, 2.75) is 119 Å². The molecule has 2 aromatic rings. The number of aromatic amines is 1. The van der Waals surface area contributed by atoms with Crippen molar-refractivity contribution in [2.75, 3.05) is 0 Å². The summed E-state index contributed by atoms with van der Waals surface area (Å²) in [5.74, 6) is 0.881. The molecule has 2 aliphatic rings. The minimum Gasteiger partial charge on any atom is -0.516 e. The van der Waals surface area contributed by atoms with E-state index < -0.39 is 0 Å². The van der Waals surface area contributed by atoms with Crippen molar-refractivity contribution in [1.29, 1.82) is 0 Å². The van der Waals surface area contributed by atoms with Crippen LogP contribution in [0.25, 0.3) is 16.5 Å². The van der Waals surface area contributed by atoms with E-state index in [1.54, 1.807) is 24.1 Å². The molecule has 1 aromatic carbocycles. The Labute approximate surface area is 247 Å². The molecule has 0 spiro atoms. The molecule has 222 valence electrons. The Balaban J connectivity index is 0.000000342. The van der Waals surface area contributed by atoms with E-state index in [-0.39, 0.29) is 0 Å². The monoisotopic (exact) mass is 545 g/mol. The van der Waals surface area contributed by atoms with Gasteiger partial charge in [-0.15, -0.1) is 6.58 Å². The van der Waals surface area contributed by atoms with Crippen LogP contribution in [0.4, 0.5) is 0 Å². The van der Waals surface area contributed by atoms with Gasteiger partial charge in [0.25, 0.3) is 0 Å². The highest BCUT2D eigenvalue weighted by Crippen LogP contribution is 2.35. The van der Waals surface area contributed by atoms with Gasteiger partial charge in [0.15, 0.2) is 0 Å². The summed E-state index contributed by atoms with van der Waals surface area (Å²) in [6, 6.07) is 6.70. The van der Waals surface area contributed by atoms with Gasteiger partial charge in [-0.05, 0) is 106 Å². The van der Waals surface area contributed by atoms with Crippen LogP contribution in [0.15, 0.2) is 73.6 Å². The number of hydrogen-bond donors (Lipinski definition) is 2. The van der Waals surface area contributed by atoms with E-state index in [1.165, 1.54) is 86.4 Å². The van der Waals surface area contributed by atoms with Crippen LogP contribution < -0.4 is 0 Å². The van der Waals surface area contributed by atoms with Gasteiger partial charge in [-0.1, -0.05) is 102 Å². The van der Waals surface area contributed by atoms with E-state index in [0.29, 0.717) is 5.41 Å². The summed E-state index contributed by atoms with van der Waals surface area (Å²) in [5.41, 5.74) is 8.85. The van der Waals surface area contributed by atoms with E-state index >= 15 is 0 Å². The largest absolute Gasteiger partial charge is 0.516 e. The maximum Gasteiger partial charge on any atom is 0.0748 e. The molecule has 0 bridgehead atoms. The Bertz CT molecular complexity index is 1100. The lowest BCUT2D eigenvalue weighted by atomic mass is 9.79. The van der Waals surface area contributed by atoms with E-state index in [0.717, 1.165) is 24.2 Å². The molecule has 1 aromatic heterocycles. The first kappa shape index (κ1) is 35.3. The van der Waals surface area contributed by atoms with Crippen LogP contribution >= 0.6 is 0 Å². The minimum absolute atomic E-state index is 0.458. The lowest BCUT2D eigenvalue weighted by Gasteiger charge is -2.26. The number of hydrogen-bond acceptors (Lipinski definition) is 1. The molecule has 2 aliphatic carbocycles. The number of H-pyrrole nitrogens is 1. The zero-order valence-corrected chi connectivity index (χ0v) is 26.9. The van der Waals surface area contributed by atoms with Crippen LogP contribution in [-0.2, 0) is 12.8 Å². The highest BCUT2D eigenvalue weighted by Gasteiger charge is 2.22. The van der Waals surface area contributed by atoms with Crippen LogP contribution in [0, 0.1) is 11.3 Å². The molecule has 0 aliphatic heterocycles. The minimum atomic E-state index is 0.458. The molecule has 1 atom stereocenters. The molecule has 2 N–H and O–H groups in total. The predicted molar refractivity (Wildman–Crippen MR) is 181 cm³/mol. The molecule has 1 unspecified atom stereocenters. The van der Waals surface area contributed by atoms with Crippen molar-refractivity contribution in [1.82, 2.24) is 4.98 Å². The second-order valence-electron chi connectivity index (χ2n) is 11.8. The molecular weight excluding hydrogens is 486 g/mol. The maximum absolute atomic E-state index is 7.69. The van der Waals surface area contributed by atoms with Crippen LogP contribution in [0.1, 0.15) is 123 Å². The Morgan fingerprint density at radius 2 is 1.93 bits per heavy atom. The van der Waals surface area contributed by atoms with Crippen molar-refractivity contribution >= 4 is 16.5 Å². The lowest BCUT2D eigenvalue weighted by molar-refractivity contribution is 0.320. The SMILES string of the molecule is C/C=C\O.C=C(C)c1ccc2[nH]c3c(c2c1)CCC(CCC)C3.C=CCCCC(C)(C)CC1=CC=CCC1.CC. The van der Waals surface area contributed by atoms with Gasteiger partial charge in [0.1, 0.15) is 0 Å². The average Bonchev–Trinajstić information content (AvgIpc) is 3.32. The van der Waals surface area contributed by atoms with Crippen molar-refractivity contribution in [3.63, 3.8) is 0 Å². The van der Waals surface area contributed by atoms with Crippen molar-refractivity contribution < 1.29 is 5.11 Å². The van der Waals surface area contributed by atoms with Gasteiger partial charge in [-0.2, -0.15) is 0 Å². The third-order valence-electron chi connectivity index (χ3n) is 7.70. The highest BCUT2D eigenvalue weighted by atomic mass is 16.2. The molecule has 0 radical (unpaired) electrons. The number of nitrogens with one attached hydrogen (secondary N) is 1. The van der Waals surface area contributed by atoms with Crippen molar-refractivity contribution in [3.8, 4) is 0 Å². The second-order valence-corrected chi connectivity index (χ2v) is 11.8. The Morgan fingerprint density at radius 3 is 2.50 bits per heavy atom. The Morgan fingerprint density at radius 1 is 1.20 bits per heavy atom. The summed E-state index contributed by atoms with van der Waals surface area (Å²) in [7, 11) is 0. The number of aliphatic hydroxyl groups excluding tert-OH is 1. The van der Waals surface area contributed by atoms with Crippen LogP contribution in [0.5, 0.6) is 0 Å². The fourth-order valence-electron chi connectivity index (χ4n) is 5.65. The summed E-state index contributed by atoms with van der Waals surface area (Å²) >= 11 is 0. The molecule has 40 heavy (non-hydrogen) atoms. The summed E-state index contributed by atoms with van der Waals surface area (Å²) in [6.45, 7) is 22.7. The first-order valence-electron chi connectivity index (χ1n) is 15.7. The molecule has 0 amide bonds. The first-order chi connectivity index (χ1) is 19.2. The van der Waals surface area contributed by atoms with E-state index in [1.807, 2.05) is 19.9 Å². The number of aryl methyl sites for hydroxylation is 1. The smallest absolute Gasteiger partial charge is 0.0748 e. The molecule has 1 heterocycles. The quantitative estimate of drug-likeness (QED) is 0.183. The number of rotatable bonds is 9. The molecule has 2 heteroatoms. The topological polar surface area (TPSA) is 36.0 Å². The van der Waals surface area contributed by atoms with Gasteiger partial charge in [-0.25, -0.2) is 0 Å². The zero-order valence-electron chi connectivity index (χ0n) is 26.9. The van der Waals surface area contributed by atoms with Crippen LogP contribution in [-0.4, -0.2) is 10.1 Å². The molecule has 4 rings (SSSR count). The third kappa shape index (κ3) is 12.2. The molecular formula is C38H59NO. The molecule has 0 saturated heterocycles. The molecule has 0 fully saturated rings. The second kappa shape index (κ2) is 19.4.